The molecule has 0 unspecified atom stereocenters. The number of nitrogens with zero attached hydrogens (tertiary/aromatic N) is 3. The summed E-state index contributed by atoms with van der Waals surface area (Å²) in [5.41, 5.74) is 2.49. The summed E-state index contributed by atoms with van der Waals surface area (Å²) >= 11 is 0. The number of aromatic nitrogens is 3. The molecule has 5 nitrogen and oxygen atoms in total. The topological polar surface area (TPSA) is 57.0 Å². The van der Waals surface area contributed by atoms with E-state index in [1.165, 1.54) is 0 Å². The number of hydrogen-bond acceptors (Lipinski definition) is 4. The third-order valence-corrected chi connectivity index (χ3v) is 3.92. The predicted octanol–water partition coefficient (Wildman–Crippen LogP) is 2.91. The first-order valence-corrected chi connectivity index (χ1v) is 7.56. The SMILES string of the molecule is COc1cccc2ncn([C@@H](C)Cc3cccc(C)n3)c(=O)c12. The van der Waals surface area contributed by atoms with Crippen LogP contribution in [-0.2, 0) is 6.42 Å². The van der Waals surface area contributed by atoms with Gasteiger partial charge in [0.1, 0.15) is 11.1 Å². The van der Waals surface area contributed by atoms with Gasteiger partial charge >= 0.3 is 0 Å². The summed E-state index contributed by atoms with van der Waals surface area (Å²) in [4.78, 5) is 21.7. The van der Waals surface area contributed by atoms with Gasteiger partial charge in [-0.1, -0.05) is 12.1 Å². The summed E-state index contributed by atoms with van der Waals surface area (Å²) in [6.07, 6.45) is 2.27. The molecule has 0 saturated heterocycles. The molecule has 0 aliphatic heterocycles. The highest BCUT2D eigenvalue weighted by molar-refractivity contribution is 5.83. The van der Waals surface area contributed by atoms with Crippen molar-refractivity contribution >= 4 is 10.9 Å². The van der Waals surface area contributed by atoms with Crippen molar-refractivity contribution in [1.29, 1.82) is 0 Å². The van der Waals surface area contributed by atoms with E-state index in [1.54, 1.807) is 24.1 Å². The number of hydrogen-bond donors (Lipinski definition) is 0. The van der Waals surface area contributed by atoms with E-state index in [1.807, 2.05) is 44.2 Å². The Kier molecular flexibility index (Phi) is 4.10. The van der Waals surface area contributed by atoms with E-state index in [9.17, 15) is 4.79 Å². The molecule has 3 aromatic rings. The smallest absolute Gasteiger partial charge is 0.265 e. The van der Waals surface area contributed by atoms with Gasteiger partial charge in [0.2, 0.25) is 0 Å². The van der Waals surface area contributed by atoms with Crippen LogP contribution in [0.5, 0.6) is 5.75 Å². The molecular formula is C18H19N3O2. The molecule has 0 aliphatic rings. The first-order valence-electron chi connectivity index (χ1n) is 7.56. The molecule has 5 heteroatoms. The maximum absolute atomic E-state index is 12.8. The average Bonchev–Trinajstić information content (AvgIpc) is 2.54. The van der Waals surface area contributed by atoms with Gasteiger partial charge in [-0.25, -0.2) is 4.98 Å². The van der Waals surface area contributed by atoms with E-state index in [4.69, 9.17) is 4.74 Å². The largest absolute Gasteiger partial charge is 0.496 e. The number of rotatable bonds is 4. The molecule has 2 aromatic heterocycles. The van der Waals surface area contributed by atoms with Gasteiger partial charge in [0.15, 0.2) is 0 Å². The normalized spacial score (nSPS) is 12.3. The first kappa shape index (κ1) is 15.2. The molecule has 2 heterocycles. The van der Waals surface area contributed by atoms with Gasteiger partial charge in [-0.05, 0) is 38.1 Å². The molecule has 0 radical (unpaired) electrons. The quantitative estimate of drug-likeness (QED) is 0.743. The Morgan fingerprint density at radius 1 is 1.22 bits per heavy atom. The summed E-state index contributed by atoms with van der Waals surface area (Å²) in [5.74, 6) is 0.551. The van der Waals surface area contributed by atoms with Crippen molar-refractivity contribution in [2.75, 3.05) is 7.11 Å². The molecule has 0 fully saturated rings. The zero-order valence-electron chi connectivity index (χ0n) is 13.5. The monoisotopic (exact) mass is 309 g/mol. The summed E-state index contributed by atoms with van der Waals surface area (Å²) in [5, 5.41) is 0.515. The van der Waals surface area contributed by atoms with Gasteiger partial charge in [-0.3, -0.25) is 14.3 Å². The van der Waals surface area contributed by atoms with E-state index in [-0.39, 0.29) is 11.6 Å². The van der Waals surface area contributed by atoms with Crippen molar-refractivity contribution in [3.63, 3.8) is 0 Å². The van der Waals surface area contributed by atoms with Gasteiger partial charge < -0.3 is 4.74 Å². The first-order chi connectivity index (χ1) is 11.1. The minimum Gasteiger partial charge on any atom is -0.496 e. The average molecular weight is 309 g/mol. The maximum Gasteiger partial charge on any atom is 0.265 e. The second-order valence-corrected chi connectivity index (χ2v) is 5.63. The van der Waals surface area contributed by atoms with Crippen molar-refractivity contribution in [3.8, 4) is 5.75 Å². The van der Waals surface area contributed by atoms with Crippen LogP contribution in [-0.4, -0.2) is 21.6 Å². The Morgan fingerprint density at radius 3 is 2.74 bits per heavy atom. The molecule has 0 bridgehead atoms. The molecule has 1 aromatic carbocycles. The summed E-state index contributed by atoms with van der Waals surface area (Å²) in [6, 6.07) is 11.3. The Morgan fingerprint density at radius 2 is 2.00 bits per heavy atom. The lowest BCUT2D eigenvalue weighted by Gasteiger charge is -2.16. The van der Waals surface area contributed by atoms with Crippen LogP contribution in [0.4, 0.5) is 0 Å². The van der Waals surface area contributed by atoms with Crippen LogP contribution in [0.2, 0.25) is 0 Å². The molecule has 23 heavy (non-hydrogen) atoms. The molecule has 0 spiro atoms. The summed E-state index contributed by atoms with van der Waals surface area (Å²) in [7, 11) is 1.56. The van der Waals surface area contributed by atoms with Gasteiger partial charge in [0, 0.05) is 23.9 Å². The van der Waals surface area contributed by atoms with Gasteiger partial charge in [0.05, 0.1) is 19.0 Å². The standard InChI is InChI=1S/C18H19N3O2/c1-12-6-4-7-14(20-12)10-13(2)21-11-19-15-8-5-9-16(23-3)17(15)18(21)22/h4-9,11,13H,10H2,1-3H3/t13-/m0/s1. The lowest BCUT2D eigenvalue weighted by molar-refractivity contribution is 0.418. The Balaban J connectivity index is 2.02. The minimum atomic E-state index is -0.0902. The van der Waals surface area contributed by atoms with Crippen molar-refractivity contribution in [2.45, 2.75) is 26.3 Å². The minimum absolute atomic E-state index is 0.0430. The Labute approximate surface area is 134 Å². The highest BCUT2D eigenvalue weighted by Crippen LogP contribution is 2.21. The van der Waals surface area contributed by atoms with Crippen LogP contribution < -0.4 is 10.3 Å². The van der Waals surface area contributed by atoms with Crippen LogP contribution in [0, 0.1) is 6.92 Å². The van der Waals surface area contributed by atoms with Crippen molar-refractivity contribution in [2.24, 2.45) is 0 Å². The van der Waals surface area contributed by atoms with Crippen LogP contribution in [0.3, 0.4) is 0 Å². The van der Waals surface area contributed by atoms with E-state index in [2.05, 4.69) is 9.97 Å². The second kappa shape index (κ2) is 6.20. The number of ether oxygens (including phenoxy) is 1. The number of methoxy groups -OCH3 is 1. The number of benzene rings is 1. The third kappa shape index (κ3) is 2.95. The highest BCUT2D eigenvalue weighted by Gasteiger charge is 2.14. The molecule has 0 N–H and O–H groups in total. The maximum atomic E-state index is 12.8. The molecule has 0 saturated carbocycles. The predicted molar refractivity (Wildman–Crippen MR) is 89.9 cm³/mol. The number of aryl methyl sites for hydroxylation is 1. The second-order valence-electron chi connectivity index (χ2n) is 5.63. The Hall–Kier alpha value is -2.69. The molecule has 0 aliphatic carbocycles. The molecular weight excluding hydrogens is 290 g/mol. The fraction of sp³-hybridized carbons (Fsp3) is 0.278. The fourth-order valence-corrected chi connectivity index (χ4v) is 2.75. The van der Waals surface area contributed by atoms with E-state index >= 15 is 0 Å². The van der Waals surface area contributed by atoms with E-state index in [0.29, 0.717) is 23.1 Å². The number of pyridine rings is 1. The third-order valence-electron chi connectivity index (χ3n) is 3.92. The van der Waals surface area contributed by atoms with Crippen LogP contribution in [0.25, 0.3) is 10.9 Å². The van der Waals surface area contributed by atoms with E-state index < -0.39 is 0 Å². The molecule has 118 valence electrons. The lowest BCUT2D eigenvalue weighted by Crippen LogP contribution is -2.25. The van der Waals surface area contributed by atoms with Crippen molar-refractivity contribution in [1.82, 2.24) is 14.5 Å². The van der Waals surface area contributed by atoms with E-state index in [0.717, 1.165) is 11.4 Å². The zero-order valence-corrected chi connectivity index (χ0v) is 13.5. The summed E-state index contributed by atoms with van der Waals surface area (Å²) < 4.78 is 6.96. The Bertz CT molecular complexity index is 902. The summed E-state index contributed by atoms with van der Waals surface area (Å²) in [6.45, 7) is 3.96. The lowest BCUT2D eigenvalue weighted by atomic mass is 10.1. The fourth-order valence-electron chi connectivity index (χ4n) is 2.75. The number of fused-ring (bicyclic) bond motifs is 1. The van der Waals surface area contributed by atoms with Gasteiger partial charge in [-0.2, -0.15) is 0 Å². The van der Waals surface area contributed by atoms with Gasteiger partial charge in [-0.15, -0.1) is 0 Å². The highest BCUT2D eigenvalue weighted by atomic mass is 16.5. The van der Waals surface area contributed by atoms with Crippen LogP contribution >= 0.6 is 0 Å². The van der Waals surface area contributed by atoms with Crippen molar-refractivity contribution in [3.05, 3.63) is 64.5 Å². The van der Waals surface area contributed by atoms with Crippen LogP contribution in [0.1, 0.15) is 24.4 Å². The van der Waals surface area contributed by atoms with Crippen LogP contribution in [0.15, 0.2) is 47.5 Å². The molecule has 3 rings (SSSR count). The molecule has 1 atom stereocenters. The zero-order chi connectivity index (χ0) is 16.4. The molecule has 0 amide bonds. The van der Waals surface area contributed by atoms with Gasteiger partial charge in [0.25, 0.3) is 5.56 Å². The van der Waals surface area contributed by atoms with Crippen molar-refractivity contribution < 1.29 is 4.74 Å².